The number of amides is 1. The number of rotatable bonds is 10. The average molecular weight is 727 g/mol. The lowest BCUT2D eigenvalue weighted by Gasteiger charge is -2.32. The van der Waals surface area contributed by atoms with Gasteiger partial charge in [0.15, 0.2) is 13.9 Å². The minimum absolute atomic E-state index is 0.0952. The van der Waals surface area contributed by atoms with Crippen molar-refractivity contribution in [1.82, 2.24) is 24.8 Å². The monoisotopic (exact) mass is 726 g/mol. The Morgan fingerprint density at radius 2 is 1.70 bits per heavy atom. The number of fused-ring (bicyclic) bond motifs is 3. The molecule has 53 heavy (non-hydrogen) atoms. The number of carbonyl (C=O) groups excluding carboxylic acids is 1. The Morgan fingerprint density at radius 3 is 2.49 bits per heavy atom. The van der Waals surface area contributed by atoms with Crippen LogP contribution in [0.2, 0.25) is 18.6 Å². The molecule has 1 spiro atoms. The quantitative estimate of drug-likeness (QED) is 0.176. The zero-order valence-electron chi connectivity index (χ0n) is 29.9. The number of nitrogens with zero attached hydrogens (tertiary/aromatic N) is 6. The Morgan fingerprint density at radius 1 is 0.943 bits per heavy atom. The molecule has 1 unspecified atom stereocenters. The van der Waals surface area contributed by atoms with E-state index in [0.29, 0.717) is 29.7 Å². The summed E-state index contributed by atoms with van der Waals surface area (Å²) in [5.41, 5.74) is 2.89. The third-order valence-electron chi connectivity index (χ3n) is 11.0. The second-order valence-electron chi connectivity index (χ2n) is 14.7. The van der Waals surface area contributed by atoms with Crippen LogP contribution >= 0.6 is 0 Å². The van der Waals surface area contributed by atoms with Crippen LogP contribution in [0, 0.1) is 5.92 Å². The Labute approximate surface area is 308 Å². The molecule has 270 valence electrons. The van der Waals surface area contributed by atoms with Gasteiger partial charge in [0.1, 0.15) is 0 Å². The highest BCUT2D eigenvalue weighted by Gasteiger charge is 2.66. The van der Waals surface area contributed by atoms with Crippen LogP contribution in [0.15, 0.2) is 120 Å². The van der Waals surface area contributed by atoms with Crippen molar-refractivity contribution in [2.75, 3.05) is 11.5 Å². The van der Waals surface area contributed by atoms with Gasteiger partial charge in [-0.15, -0.1) is 5.10 Å². The smallest absolute Gasteiger partial charge is 0.279 e. The van der Waals surface area contributed by atoms with Crippen LogP contribution < -0.4 is 10.5 Å². The lowest BCUT2D eigenvalue weighted by molar-refractivity contribution is -0.146. The van der Waals surface area contributed by atoms with Crippen molar-refractivity contribution in [1.29, 1.82) is 0 Å². The van der Waals surface area contributed by atoms with Crippen molar-refractivity contribution >= 4 is 30.7 Å². The highest BCUT2D eigenvalue weighted by Crippen LogP contribution is 2.59. The molecule has 0 bridgehead atoms. The standard InChI is InChI=1S/C41H42N6O5Si/c1-27-38(53(2,3)51)37(20-21-45-25-35(43-44-45)33(26-48)29-13-5-4-6-14-29)52-41(27)34-18-9-10-19-36(34)46(40(41)50)24-28-12-11-16-31(22-28)47-39(49)32-17-8-7-15-30(32)23-42-47/h4-19,22-23,25,27,33,37-38,48,51H,20-21,24,26H2,1-3H3/t27-,33?,37+,38-,41+/m1/s1. The maximum atomic E-state index is 14.9. The van der Waals surface area contributed by atoms with E-state index in [2.05, 4.69) is 15.4 Å². The van der Waals surface area contributed by atoms with E-state index in [9.17, 15) is 19.5 Å². The fourth-order valence-electron chi connectivity index (χ4n) is 8.60. The molecule has 12 heteroatoms. The van der Waals surface area contributed by atoms with Gasteiger partial charge in [-0.1, -0.05) is 91.0 Å². The number of aromatic nitrogens is 5. The molecule has 11 nitrogen and oxygen atoms in total. The van der Waals surface area contributed by atoms with E-state index in [1.807, 2.05) is 123 Å². The van der Waals surface area contributed by atoms with Crippen molar-refractivity contribution in [3.63, 3.8) is 0 Å². The van der Waals surface area contributed by atoms with Gasteiger partial charge in [0.05, 0.1) is 53.8 Å². The molecule has 0 saturated carbocycles. The number of ether oxygens (including phenoxy) is 1. The van der Waals surface area contributed by atoms with Crippen molar-refractivity contribution in [3.05, 3.63) is 148 Å². The zero-order chi connectivity index (χ0) is 36.9. The predicted octanol–water partition coefficient (Wildman–Crippen LogP) is 5.54. The van der Waals surface area contributed by atoms with E-state index >= 15 is 0 Å². The first-order valence-corrected chi connectivity index (χ1v) is 21.1. The molecule has 1 saturated heterocycles. The molecule has 4 heterocycles. The number of para-hydroxylation sites is 1. The minimum atomic E-state index is -2.88. The van der Waals surface area contributed by atoms with Crippen LogP contribution in [-0.4, -0.2) is 61.6 Å². The van der Waals surface area contributed by atoms with Gasteiger partial charge < -0.3 is 19.5 Å². The summed E-state index contributed by atoms with van der Waals surface area (Å²) >= 11 is 0. The summed E-state index contributed by atoms with van der Waals surface area (Å²) in [6.45, 7) is 6.49. The number of aliphatic hydroxyl groups excluding tert-OH is 1. The molecule has 6 aromatic rings. The summed E-state index contributed by atoms with van der Waals surface area (Å²) in [4.78, 5) is 41.8. The number of aryl methyl sites for hydroxylation is 1. The summed E-state index contributed by atoms with van der Waals surface area (Å²) in [5.74, 6) is -0.774. The van der Waals surface area contributed by atoms with E-state index in [4.69, 9.17) is 4.74 Å². The highest BCUT2D eigenvalue weighted by atomic mass is 28.4. The van der Waals surface area contributed by atoms with Gasteiger partial charge in [-0.3, -0.25) is 14.3 Å². The van der Waals surface area contributed by atoms with E-state index in [1.54, 1.807) is 21.8 Å². The first-order valence-electron chi connectivity index (χ1n) is 18.0. The number of carbonyl (C=O) groups is 1. The van der Waals surface area contributed by atoms with Crippen LogP contribution in [-0.2, 0) is 28.2 Å². The fraction of sp³-hybridized carbons (Fsp3) is 0.293. The molecule has 2 aliphatic rings. The molecule has 8 rings (SSSR count). The zero-order valence-corrected chi connectivity index (χ0v) is 30.9. The summed E-state index contributed by atoms with van der Waals surface area (Å²) < 4.78 is 10.2. The van der Waals surface area contributed by atoms with Gasteiger partial charge in [0.2, 0.25) is 0 Å². The number of anilines is 1. The van der Waals surface area contributed by atoms with Gasteiger partial charge in [0.25, 0.3) is 11.5 Å². The van der Waals surface area contributed by atoms with Gasteiger partial charge in [-0.05, 0) is 54.9 Å². The van der Waals surface area contributed by atoms with Crippen molar-refractivity contribution in [2.45, 2.75) is 62.7 Å². The lowest BCUT2D eigenvalue weighted by Crippen LogP contribution is -2.46. The Hall–Kier alpha value is -5.27. The Kier molecular flexibility index (Phi) is 8.93. The van der Waals surface area contributed by atoms with Crippen molar-refractivity contribution < 1.29 is 19.4 Å². The molecule has 5 atom stereocenters. The maximum absolute atomic E-state index is 14.9. The predicted molar refractivity (Wildman–Crippen MR) is 204 cm³/mol. The van der Waals surface area contributed by atoms with Gasteiger partial charge in [-0.2, -0.15) is 9.78 Å². The van der Waals surface area contributed by atoms with E-state index in [0.717, 1.165) is 27.8 Å². The fourth-order valence-corrected chi connectivity index (χ4v) is 11.2. The van der Waals surface area contributed by atoms with Crippen LogP contribution in [0.1, 0.15) is 41.6 Å². The molecule has 1 amide bonds. The number of benzene rings is 4. The molecule has 2 aromatic heterocycles. The number of aliphatic hydroxyl groups is 1. The maximum Gasteiger partial charge on any atom is 0.279 e. The lowest BCUT2D eigenvalue weighted by atomic mass is 9.82. The molecular formula is C41H42N6O5Si. The molecule has 0 aliphatic carbocycles. The van der Waals surface area contributed by atoms with Crippen molar-refractivity contribution in [3.8, 4) is 5.69 Å². The topological polar surface area (TPSA) is 136 Å². The molecular weight excluding hydrogens is 685 g/mol. The Balaban J connectivity index is 1.07. The van der Waals surface area contributed by atoms with E-state index in [1.165, 1.54) is 4.68 Å². The summed E-state index contributed by atoms with van der Waals surface area (Å²) in [6, 6.07) is 32.4. The minimum Gasteiger partial charge on any atom is -0.432 e. The summed E-state index contributed by atoms with van der Waals surface area (Å²) in [6.07, 6.45) is 3.63. The van der Waals surface area contributed by atoms with E-state index < -0.39 is 20.0 Å². The van der Waals surface area contributed by atoms with E-state index in [-0.39, 0.29) is 42.0 Å². The van der Waals surface area contributed by atoms with Gasteiger partial charge >= 0.3 is 0 Å². The van der Waals surface area contributed by atoms with Crippen LogP contribution in [0.25, 0.3) is 16.5 Å². The Bertz CT molecular complexity index is 2360. The molecule has 1 fully saturated rings. The number of hydrogen-bond donors (Lipinski definition) is 2. The normalized spacial score (nSPS) is 21.8. The van der Waals surface area contributed by atoms with Gasteiger partial charge in [0, 0.05) is 35.2 Å². The second kappa shape index (κ2) is 13.6. The number of hydrogen-bond acceptors (Lipinski definition) is 8. The average Bonchev–Trinajstić information content (AvgIpc) is 3.82. The highest BCUT2D eigenvalue weighted by molar-refractivity contribution is 6.71. The van der Waals surface area contributed by atoms with Crippen molar-refractivity contribution in [2.24, 2.45) is 5.92 Å². The second-order valence-corrected chi connectivity index (χ2v) is 18.7. The third kappa shape index (κ3) is 6.01. The van der Waals surface area contributed by atoms with Gasteiger partial charge in [-0.25, -0.2) is 0 Å². The third-order valence-corrected chi connectivity index (χ3v) is 13.5. The first kappa shape index (κ1) is 34.8. The summed E-state index contributed by atoms with van der Waals surface area (Å²) in [5, 5.41) is 24.7. The summed E-state index contributed by atoms with van der Waals surface area (Å²) in [7, 11) is -2.88. The molecule has 2 aliphatic heterocycles. The molecule has 2 N–H and O–H groups in total. The molecule has 0 radical (unpaired) electrons. The SMILES string of the molecule is C[C@@H]1[C@@H]([Si](C)(C)O)[C@H](CCn2cc(C(CO)c3ccccc3)nn2)O[C@@]12C(=O)N(Cc1cccc(-n3ncc4ccccc4c3=O)c1)c1ccccc12. The molecule has 4 aromatic carbocycles. The van der Waals surface area contributed by atoms with Crippen LogP contribution in [0.4, 0.5) is 5.69 Å². The van der Waals surface area contributed by atoms with Crippen LogP contribution in [0.5, 0.6) is 0 Å². The van der Waals surface area contributed by atoms with Crippen LogP contribution in [0.3, 0.4) is 0 Å². The largest absolute Gasteiger partial charge is 0.432 e. The first-order chi connectivity index (χ1) is 25.6.